The number of rotatable bonds is 4. The number of alkyl carbamates (subject to hydrolysis) is 1. The van der Waals surface area contributed by atoms with E-state index in [1.54, 1.807) is 7.11 Å². The first-order valence-electron chi connectivity index (χ1n) is 7.45. The zero-order valence-electron chi connectivity index (χ0n) is 13.5. The van der Waals surface area contributed by atoms with E-state index in [9.17, 15) is 4.79 Å². The number of ether oxygens (including phenoxy) is 2. The van der Waals surface area contributed by atoms with Crippen LogP contribution in [0.5, 0.6) is 0 Å². The summed E-state index contributed by atoms with van der Waals surface area (Å²) in [6, 6.07) is 0.194. The average molecular weight is 286 g/mol. The van der Waals surface area contributed by atoms with Gasteiger partial charge in [0.2, 0.25) is 0 Å². The number of carbonyl (C=O) groups is 1. The summed E-state index contributed by atoms with van der Waals surface area (Å²) in [5, 5.41) is 2.95. The highest BCUT2D eigenvalue weighted by atomic mass is 16.6. The Kier molecular flexibility index (Phi) is 5.83. The molecule has 1 atom stereocenters. The Hall–Kier alpha value is -0.810. The lowest BCUT2D eigenvalue weighted by Gasteiger charge is -2.40. The van der Waals surface area contributed by atoms with Gasteiger partial charge in [-0.2, -0.15) is 0 Å². The van der Waals surface area contributed by atoms with E-state index in [1.807, 2.05) is 20.8 Å². The molecule has 0 aliphatic heterocycles. The zero-order valence-corrected chi connectivity index (χ0v) is 13.5. The third-order valence-corrected chi connectivity index (χ3v) is 4.18. The van der Waals surface area contributed by atoms with Crippen LogP contribution in [0.25, 0.3) is 0 Å². The van der Waals surface area contributed by atoms with Crippen molar-refractivity contribution in [1.29, 1.82) is 0 Å². The molecule has 5 heteroatoms. The minimum Gasteiger partial charge on any atom is -0.444 e. The van der Waals surface area contributed by atoms with Gasteiger partial charge >= 0.3 is 6.09 Å². The van der Waals surface area contributed by atoms with Crippen LogP contribution in [0.1, 0.15) is 53.4 Å². The Balaban J connectivity index is 2.41. The maximum atomic E-state index is 11.7. The summed E-state index contributed by atoms with van der Waals surface area (Å²) in [4.78, 5) is 11.7. The maximum Gasteiger partial charge on any atom is 0.407 e. The van der Waals surface area contributed by atoms with E-state index in [0.717, 1.165) is 25.7 Å². The summed E-state index contributed by atoms with van der Waals surface area (Å²) in [5.41, 5.74) is 5.12. The Morgan fingerprint density at radius 3 is 2.15 bits per heavy atom. The molecular weight excluding hydrogens is 256 g/mol. The molecule has 3 N–H and O–H groups in total. The number of nitrogens with two attached hydrogens (primary N) is 1. The van der Waals surface area contributed by atoms with E-state index in [0.29, 0.717) is 12.5 Å². The number of methoxy groups -OCH3 is 1. The highest BCUT2D eigenvalue weighted by molar-refractivity contribution is 5.68. The van der Waals surface area contributed by atoms with Crippen LogP contribution in [0.15, 0.2) is 0 Å². The molecule has 1 unspecified atom stereocenters. The molecule has 118 valence electrons. The second-order valence-electron chi connectivity index (χ2n) is 6.92. The molecule has 1 rings (SSSR count). The van der Waals surface area contributed by atoms with E-state index in [-0.39, 0.29) is 17.7 Å². The van der Waals surface area contributed by atoms with Crippen LogP contribution in [0.3, 0.4) is 0 Å². The fourth-order valence-electron chi connectivity index (χ4n) is 2.74. The Morgan fingerprint density at radius 2 is 1.75 bits per heavy atom. The number of amides is 1. The SMILES string of the molecule is COC(C)(CN)C1CCC(NC(=O)OC(C)(C)C)CC1. The van der Waals surface area contributed by atoms with Crippen LogP contribution in [0.4, 0.5) is 4.79 Å². The van der Waals surface area contributed by atoms with Crippen LogP contribution in [0, 0.1) is 5.92 Å². The third-order valence-electron chi connectivity index (χ3n) is 4.18. The predicted octanol–water partition coefficient (Wildman–Crippen LogP) is 2.43. The predicted molar refractivity (Wildman–Crippen MR) is 79.6 cm³/mol. The quantitative estimate of drug-likeness (QED) is 0.832. The molecule has 1 amide bonds. The maximum absolute atomic E-state index is 11.7. The van der Waals surface area contributed by atoms with Gasteiger partial charge in [-0.1, -0.05) is 0 Å². The van der Waals surface area contributed by atoms with Crippen molar-refractivity contribution in [1.82, 2.24) is 5.32 Å². The van der Waals surface area contributed by atoms with Crippen LogP contribution < -0.4 is 11.1 Å². The molecular formula is C15H30N2O3. The normalized spacial score (nSPS) is 26.7. The van der Waals surface area contributed by atoms with Crippen LogP contribution in [0.2, 0.25) is 0 Å². The van der Waals surface area contributed by atoms with Crippen molar-refractivity contribution in [2.75, 3.05) is 13.7 Å². The van der Waals surface area contributed by atoms with Gasteiger partial charge < -0.3 is 20.5 Å². The first kappa shape index (κ1) is 17.2. The smallest absolute Gasteiger partial charge is 0.407 e. The lowest BCUT2D eigenvalue weighted by molar-refractivity contribution is -0.0500. The van der Waals surface area contributed by atoms with E-state index in [2.05, 4.69) is 12.2 Å². The monoisotopic (exact) mass is 286 g/mol. The number of carbonyl (C=O) groups excluding carboxylic acids is 1. The van der Waals surface area contributed by atoms with Gasteiger partial charge in [0.15, 0.2) is 0 Å². The van der Waals surface area contributed by atoms with E-state index in [4.69, 9.17) is 15.2 Å². The van der Waals surface area contributed by atoms with Crippen molar-refractivity contribution >= 4 is 6.09 Å². The molecule has 0 spiro atoms. The molecule has 1 aliphatic carbocycles. The van der Waals surface area contributed by atoms with Gasteiger partial charge in [-0.3, -0.25) is 0 Å². The molecule has 0 heterocycles. The van der Waals surface area contributed by atoms with Crippen LogP contribution in [-0.4, -0.2) is 37.0 Å². The third kappa shape index (κ3) is 4.94. The first-order valence-corrected chi connectivity index (χ1v) is 7.45. The minimum absolute atomic E-state index is 0.194. The van der Waals surface area contributed by atoms with Crippen LogP contribution >= 0.6 is 0 Å². The summed E-state index contributed by atoms with van der Waals surface area (Å²) in [5.74, 6) is 0.453. The Bertz CT molecular complexity index is 314. The summed E-state index contributed by atoms with van der Waals surface area (Å²) in [7, 11) is 1.72. The molecule has 0 aromatic heterocycles. The van der Waals surface area contributed by atoms with Gasteiger partial charge in [-0.25, -0.2) is 4.79 Å². The topological polar surface area (TPSA) is 73.6 Å². The van der Waals surface area contributed by atoms with Crippen molar-refractivity contribution in [2.45, 2.75) is 70.6 Å². The second-order valence-corrected chi connectivity index (χ2v) is 6.92. The number of hydrogen-bond donors (Lipinski definition) is 2. The lowest BCUT2D eigenvalue weighted by Crippen LogP contribution is -2.48. The summed E-state index contributed by atoms with van der Waals surface area (Å²) >= 11 is 0. The van der Waals surface area contributed by atoms with Gasteiger partial charge in [0.1, 0.15) is 5.60 Å². The standard InChI is InChI=1S/C15H30N2O3/c1-14(2,3)20-13(18)17-12-8-6-11(7-9-12)15(4,10-16)19-5/h11-12H,6-10,16H2,1-5H3,(H,17,18). The van der Waals surface area contributed by atoms with Crippen molar-refractivity contribution < 1.29 is 14.3 Å². The van der Waals surface area contributed by atoms with E-state index >= 15 is 0 Å². The number of nitrogens with one attached hydrogen (secondary N) is 1. The molecule has 1 fully saturated rings. The van der Waals surface area contributed by atoms with Crippen molar-refractivity contribution in [3.8, 4) is 0 Å². The largest absolute Gasteiger partial charge is 0.444 e. The highest BCUT2D eigenvalue weighted by Gasteiger charge is 2.36. The van der Waals surface area contributed by atoms with Gasteiger partial charge in [-0.05, 0) is 59.3 Å². The Labute approximate surface area is 122 Å². The first-order chi connectivity index (χ1) is 9.20. The minimum atomic E-state index is -0.449. The second kappa shape index (κ2) is 6.76. The van der Waals surface area contributed by atoms with Crippen LogP contribution in [-0.2, 0) is 9.47 Å². The lowest BCUT2D eigenvalue weighted by atomic mass is 9.76. The molecule has 0 aromatic carbocycles. The fraction of sp³-hybridized carbons (Fsp3) is 0.933. The summed E-state index contributed by atoms with van der Waals surface area (Å²) < 4.78 is 10.9. The van der Waals surface area contributed by atoms with Gasteiger partial charge in [-0.15, -0.1) is 0 Å². The summed E-state index contributed by atoms with van der Waals surface area (Å²) in [6.07, 6.45) is 3.60. The Morgan fingerprint density at radius 1 is 1.20 bits per heavy atom. The van der Waals surface area contributed by atoms with Gasteiger partial charge in [0, 0.05) is 19.7 Å². The van der Waals surface area contributed by atoms with Gasteiger partial charge in [0.05, 0.1) is 5.60 Å². The highest BCUT2D eigenvalue weighted by Crippen LogP contribution is 2.34. The zero-order chi connectivity index (χ0) is 15.4. The van der Waals surface area contributed by atoms with E-state index < -0.39 is 5.60 Å². The van der Waals surface area contributed by atoms with E-state index in [1.165, 1.54) is 0 Å². The van der Waals surface area contributed by atoms with Crippen molar-refractivity contribution in [2.24, 2.45) is 11.7 Å². The van der Waals surface area contributed by atoms with Crippen molar-refractivity contribution in [3.63, 3.8) is 0 Å². The number of hydrogen-bond acceptors (Lipinski definition) is 4. The van der Waals surface area contributed by atoms with Gasteiger partial charge in [0.25, 0.3) is 0 Å². The molecule has 20 heavy (non-hydrogen) atoms. The average Bonchev–Trinajstić information content (AvgIpc) is 2.36. The molecule has 5 nitrogen and oxygen atoms in total. The van der Waals surface area contributed by atoms with Crippen molar-refractivity contribution in [3.05, 3.63) is 0 Å². The molecule has 0 saturated heterocycles. The molecule has 0 aromatic rings. The molecule has 0 bridgehead atoms. The summed E-state index contributed by atoms with van der Waals surface area (Å²) in [6.45, 7) is 8.20. The molecule has 0 radical (unpaired) electrons. The molecule has 1 aliphatic rings. The fourth-order valence-corrected chi connectivity index (χ4v) is 2.74. The molecule has 1 saturated carbocycles.